The lowest BCUT2D eigenvalue weighted by Gasteiger charge is -2.14. The Bertz CT molecular complexity index is 499. The summed E-state index contributed by atoms with van der Waals surface area (Å²) in [6.45, 7) is 7.34. The predicted molar refractivity (Wildman–Crippen MR) is 83.7 cm³/mol. The molecule has 2 heterocycles. The highest BCUT2D eigenvalue weighted by Gasteiger charge is 2.16. The van der Waals surface area contributed by atoms with Gasteiger partial charge in [0.15, 0.2) is 0 Å². The maximum absolute atomic E-state index is 4.64. The molecular weight excluding hydrogens is 328 g/mol. The maximum atomic E-state index is 4.64. The molecule has 0 saturated carbocycles. The molecule has 1 atom stereocenters. The van der Waals surface area contributed by atoms with Gasteiger partial charge in [0, 0.05) is 32.1 Å². The molecule has 1 unspecified atom stereocenters. The van der Waals surface area contributed by atoms with Crippen molar-refractivity contribution in [1.82, 2.24) is 10.3 Å². The van der Waals surface area contributed by atoms with Crippen LogP contribution in [-0.4, -0.2) is 11.5 Å². The van der Waals surface area contributed by atoms with Gasteiger partial charge in [0.05, 0.1) is 10.7 Å². The second-order valence-corrected chi connectivity index (χ2v) is 7.38. The van der Waals surface area contributed by atoms with Crippen LogP contribution >= 0.6 is 38.6 Å². The van der Waals surface area contributed by atoms with Crippen molar-refractivity contribution >= 4 is 38.6 Å². The lowest BCUT2D eigenvalue weighted by atomic mass is 10.2. The Morgan fingerprint density at radius 2 is 2.22 bits per heavy atom. The number of aryl methyl sites for hydroxylation is 2. The standard InChI is InChI=1S/C13H17BrN2S2/c1-4-15-11(12-5-10(14)7-17-12)6-13-16-8(2)9(3)18-13/h5,7,11,15H,4,6H2,1-3H3. The Labute approximate surface area is 125 Å². The monoisotopic (exact) mass is 344 g/mol. The molecule has 0 radical (unpaired) electrons. The Kier molecular flexibility index (Phi) is 4.95. The Hall–Kier alpha value is -0.230. The average Bonchev–Trinajstić information content (AvgIpc) is 2.86. The molecule has 0 fully saturated rings. The highest BCUT2D eigenvalue weighted by atomic mass is 79.9. The lowest BCUT2D eigenvalue weighted by molar-refractivity contribution is 0.556. The molecule has 0 aliphatic carbocycles. The Morgan fingerprint density at radius 1 is 1.44 bits per heavy atom. The number of nitrogens with zero attached hydrogens (tertiary/aromatic N) is 1. The topological polar surface area (TPSA) is 24.9 Å². The quantitative estimate of drug-likeness (QED) is 0.864. The van der Waals surface area contributed by atoms with E-state index in [1.807, 2.05) is 11.3 Å². The summed E-state index contributed by atoms with van der Waals surface area (Å²) in [6, 6.07) is 2.57. The van der Waals surface area contributed by atoms with Gasteiger partial charge in [-0.25, -0.2) is 4.98 Å². The minimum atomic E-state index is 0.372. The fourth-order valence-electron chi connectivity index (χ4n) is 1.83. The number of thiophene rings is 1. The number of hydrogen-bond donors (Lipinski definition) is 1. The van der Waals surface area contributed by atoms with Gasteiger partial charge in [-0.3, -0.25) is 0 Å². The molecule has 0 aliphatic rings. The van der Waals surface area contributed by atoms with Crippen LogP contribution in [0.1, 0.15) is 33.4 Å². The van der Waals surface area contributed by atoms with Crippen LogP contribution < -0.4 is 5.32 Å². The van der Waals surface area contributed by atoms with Crippen LogP contribution in [-0.2, 0) is 6.42 Å². The zero-order valence-electron chi connectivity index (χ0n) is 10.8. The van der Waals surface area contributed by atoms with Gasteiger partial charge in [-0.15, -0.1) is 22.7 Å². The number of likely N-dealkylation sites (N-methyl/N-ethyl adjacent to an activating group) is 1. The van der Waals surface area contributed by atoms with Crippen molar-refractivity contribution in [1.29, 1.82) is 0 Å². The molecule has 1 N–H and O–H groups in total. The molecule has 5 heteroatoms. The van der Waals surface area contributed by atoms with Crippen LogP contribution in [0, 0.1) is 13.8 Å². The molecule has 2 aromatic heterocycles. The lowest BCUT2D eigenvalue weighted by Crippen LogP contribution is -2.22. The van der Waals surface area contributed by atoms with Gasteiger partial charge in [-0.05, 0) is 42.4 Å². The van der Waals surface area contributed by atoms with Crippen LogP contribution in [0.3, 0.4) is 0 Å². The molecule has 0 spiro atoms. The van der Waals surface area contributed by atoms with Gasteiger partial charge in [0.25, 0.3) is 0 Å². The molecular formula is C13H17BrN2S2. The number of halogens is 1. The Morgan fingerprint density at radius 3 is 2.72 bits per heavy atom. The van der Waals surface area contributed by atoms with Crippen LogP contribution in [0.5, 0.6) is 0 Å². The molecule has 2 rings (SSSR count). The number of nitrogens with one attached hydrogen (secondary N) is 1. The van der Waals surface area contributed by atoms with Crippen molar-refractivity contribution in [3.8, 4) is 0 Å². The van der Waals surface area contributed by atoms with E-state index >= 15 is 0 Å². The zero-order chi connectivity index (χ0) is 13.1. The van der Waals surface area contributed by atoms with Gasteiger partial charge in [-0.1, -0.05) is 6.92 Å². The number of aromatic nitrogens is 1. The number of rotatable bonds is 5. The number of thiazole rings is 1. The van der Waals surface area contributed by atoms with Gasteiger partial charge in [0.2, 0.25) is 0 Å². The fourth-order valence-corrected chi connectivity index (χ4v) is 4.33. The summed E-state index contributed by atoms with van der Waals surface area (Å²) in [6.07, 6.45) is 0.972. The molecule has 2 aromatic rings. The van der Waals surface area contributed by atoms with E-state index in [2.05, 4.69) is 58.4 Å². The maximum Gasteiger partial charge on any atom is 0.0950 e. The third-order valence-corrected chi connectivity index (χ3v) is 5.74. The minimum Gasteiger partial charge on any atom is -0.309 e. The summed E-state index contributed by atoms with van der Waals surface area (Å²) in [5.41, 5.74) is 1.16. The van der Waals surface area contributed by atoms with Crippen molar-refractivity contribution in [2.45, 2.75) is 33.2 Å². The first kappa shape index (κ1) is 14.2. The molecule has 0 aliphatic heterocycles. The van der Waals surface area contributed by atoms with Crippen molar-refractivity contribution in [3.63, 3.8) is 0 Å². The van der Waals surface area contributed by atoms with Crippen molar-refractivity contribution < 1.29 is 0 Å². The second kappa shape index (κ2) is 6.28. The van der Waals surface area contributed by atoms with Crippen LogP contribution in [0.15, 0.2) is 15.9 Å². The van der Waals surface area contributed by atoms with E-state index in [1.54, 1.807) is 11.3 Å². The van der Waals surface area contributed by atoms with E-state index in [0.717, 1.165) is 23.1 Å². The van der Waals surface area contributed by atoms with E-state index in [0.29, 0.717) is 6.04 Å². The summed E-state index contributed by atoms with van der Waals surface area (Å²) in [4.78, 5) is 7.33. The van der Waals surface area contributed by atoms with Crippen LogP contribution in [0.2, 0.25) is 0 Å². The summed E-state index contributed by atoms with van der Waals surface area (Å²) in [5, 5.41) is 6.91. The van der Waals surface area contributed by atoms with E-state index in [1.165, 1.54) is 14.8 Å². The largest absolute Gasteiger partial charge is 0.309 e. The normalized spacial score (nSPS) is 12.9. The third-order valence-electron chi connectivity index (χ3n) is 2.83. The molecule has 18 heavy (non-hydrogen) atoms. The van der Waals surface area contributed by atoms with Crippen molar-refractivity contribution in [3.05, 3.63) is 36.4 Å². The van der Waals surface area contributed by atoms with E-state index < -0.39 is 0 Å². The van der Waals surface area contributed by atoms with Gasteiger partial charge < -0.3 is 5.32 Å². The summed E-state index contributed by atoms with van der Waals surface area (Å²) in [5.74, 6) is 0. The highest BCUT2D eigenvalue weighted by Crippen LogP contribution is 2.29. The van der Waals surface area contributed by atoms with Crippen LogP contribution in [0.4, 0.5) is 0 Å². The van der Waals surface area contributed by atoms with Crippen molar-refractivity contribution in [2.75, 3.05) is 6.54 Å². The van der Waals surface area contributed by atoms with E-state index in [9.17, 15) is 0 Å². The summed E-state index contributed by atoms with van der Waals surface area (Å²) >= 11 is 7.13. The molecule has 98 valence electrons. The zero-order valence-corrected chi connectivity index (χ0v) is 14.0. The fraction of sp³-hybridized carbons (Fsp3) is 0.462. The molecule has 0 amide bonds. The summed E-state index contributed by atoms with van der Waals surface area (Å²) < 4.78 is 1.16. The molecule has 2 nitrogen and oxygen atoms in total. The molecule has 0 saturated heterocycles. The second-order valence-electron chi connectivity index (χ2n) is 4.23. The van der Waals surface area contributed by atoms with Crippen LogP contribution in [0.25, 0.3) is 0 Å². The smallest absolute Gasteiger partial charge is 0.0950 e. The highest BCUT2D eigenvalue weighted by molar-refractivity contribution is 9.10. The SMILES string of the molecule is CCNC(Cc1nc(C)c(C)s1)c1cc(Br)cs1. The summed E-state index contributed by atoms with van der Waals surface area (Å²) in [7, 11) is 0. The van der Waals surface area contributed by atoms with Gasteiger partial charge in [0.1, 0.15) is 0 Å². The van der Waals surface area contributed by atoms with Gasteiger partial charge in [-0.2, -0.15) is 0 Å². The Balaban J connectivity index is 2.15. The first-order chi connectivity index (χ1) is 8.60. The average molecular weight is 345 g/mol. The van der Waals surface area contributed by atoms with Gasteiger partial charge >= 0.3 is 0 Å². The third kappa shape index (κ3) is 3.41. The molecule has 0 aromatic carbocycles. The first-order valence-corrected chi connectivity index (χ1v) is 8.49. The predicted octanol–water partition coefficient (Wildman–Crippen LogP) is 4.48. The first-order valence-electron chi connectivity index (χ1n) is 6.00. The van der Waals surface area contributed by atoms with E-state index in [-0.39, 0.29) is 0 Å². The minimum absolute atomic E-state index is 0.372. The van der Waals surface area contributed by atoms with Crippen molar-refractivity contribution in [2.24, 2.45) is 0 Å². The van der Waals surface area contributed by atoms with E-state index in [4.69, 9.17) is 0 Å². The molecule has 0 bridgehead atoms. The number of hydrogen-bond acceptors (Lipinski definition) is 4.